The standard InChI is InChI=1S/C17H22Cl2N2O2.ClH/c18-14-1-2-16(15(19)9-14)23-8-5-17(22)21-6-3-12-10-20-11-13(12)4-7-21;/h1-2,9,12-13,20H,3-8,10-11H2;1H/t12-,13+;. The second kappa shape index (κ2) is 9.14. The molecule has 0 radical (unpaired) electrons. The van der Waals surface area contributed by atoms with E-state index >= 15 is 0 Å². The van der Waals surface area contributed by atoms with Crippen LogP contribution in [0, 0.1) is 11.8 Å². The van der Waals surface area contributed by atoms with Gasteiger partial charge in [-0.2, -0.15) is 0 Å². The lowest BCUT2D eigenvalue weighted by atomic mass is 9.92. The van der Waals surface area contributed by atoms with Crippen molar-refractivity contribution >= 4 is 41.5 Å². The molecule has 1 aromatic rings. The first-order valence-electron chi connectivity index (χ1n) is 8.20. The van der Waals surface area contributed by atoms with Gasteiger partial charge in [0.15, 0.2) is 0 Å². The highest BCUT2D eigenvalue weighted by Crippen LogP contribution is 2.28. The number of halogens is 3. The van der Waals surface area contributed by atoms with E-state index in [0.717, 1.165) is 50.9 Å². The summed E-state index contributed by atoms with van der Waals surface area (Å²) in [5.41, 5.74) is 0. The minimum atomic E-state index is 0. The van der Waals surface area contributed by atoms with E-state index in [1.807, 2.05) is 4.90 Å². The predicted molar refractivity (Wildman–Crippen MR) is 99.5 cm³/mol. The Bertz CT molecular complexity index is 557. The van der Waals surface area contributed by atoms with Gasteiger partial charge in [0.2, 0.25) is 5.91 Å². The average Bonchev–Trinajstić information content (AvgIpc) is 2.88. The van der Waals surface area contributed by atoms with Gasteiger partial charge in [-0.05, 0) is 56.0 Å². The van der Waals surface area contributed by atoms with E-state index in [-0.39, 0.29) is 18.3 Å². The molecular weight excluding hydrogens is 371 g/mol. The molecule has 0 bridgehead atoms. The van der Waals surface area contributed by atoms with Gasteiger partial charge < -0.3 is 15.0 Å². The van der Waals surface area contributed by atoms with Crippen molar-refractivity contribution in [2.75, 3.05) is 32.8 Å². The lowest BCUT2D eigenvalue weighted by molar-refractivity contribution is -0.131. The third kappa shape index (κ3) is 4.92. The van der Waals surface area contributed by atoms with Crippen molar-refractivity contribution in [2.45, 2.75) is 19.3 Å². The number of likely N-dealkylation sites (tertiary alicyclic amines) is 1. The van der Waals surface area contributed by atoms with E-state index < -0.39 is 0 Å². The highest BCUT2D eigenvalue weighted by atomic mass is 35.5. The van der Waals surface area contributed by atoms with Crippen molar-refractivity contribution in [1.29, 1.82) is 0 Å². The summed E-state index contributed by atoms with van der Waals surface area (Å²) in [5, 5.41) is 4.50. The predicted octanol–water partition coefficient (Wildman–Crippen LogP) is 3.64. The zero-order valence-electron chi connectivity index (χ0n) is 13.5. The summed E-state index contributed by atoms with van der Waals surface area (Å²) in [4.78, 5) is 14.4. The fourth-order valence-corrected chi connectivity index (χ4v) is 3.93. The maximum absolute atomic E-state index is 12.4. The Hall–Kier alpha value is -0.680. The van der Waals surface area contributed by atoms with Crippen molar-refractivity contribution in [3.63, 3.8) is 0 Å². The molecule has 24 heavy (non-hydrogen) atoms. The molecule has 0 unspecified atom stereocenters. The Labute approximate surface area is 159 Å². The molecule has 0 aromatic heterocycles. The number of fused-ring (bicyclic) bond motifs is 1. The number of ether oxygens (including phenoxy) is 1. The van der Waals surface area contributed by atoms with Crippen LogP contribution in [0.25, 0.3) is 0 Å². The molecular formula is C17H23Cl3N2O2. The van der Waals surface area contributed by atoms with Gasteiger partial charge in [-0.1, -0.05) is 23.2 Å². The van der Waals surface area contributed by atoms with Gasteiger partial charge in [-0.25, -0.2) is 0 Å². The summed E-state index contributed by atoms with van der Waals surface area (Å²) in [6, 6.07) is 5.10. The number of nitrogens with zero attached hydrogens (tertiary/aromatic N) is 1. The summed E-state index contributed by atoms with van der Waals surface area (Å²) >= 11 is 11.9. The molecule has 7 heteroatoms. The molecule has 134 valence electrons. The Morgan fingerprint density at radius 2 is 1.88 bits per heavy atom. The molecule has 2 fully saturated rings. The van der Waals surface area contributed by atoms with Crippen LogP contribution >= 0.6 is 35.6 Å². The number of hydrogen-bond donors (Lipinski definition) is 1. The molecule has 4 nitrogen and oxygen atoms in total. The molecule has 2 heterocycles. The highest BCUT2D eigenvalue weighted by molar-refractivity contribution is 6.35. The van der Waals surface area contributed by atoms with Crippen LogP contribution in [0.2, 0.25) is 10.0 Å². The number of carbonyl (C=O) groups is 1. The molecule has 2 saturated heterocycles. The van der Waals surface area contributed by atoms with Crippen molar-refractivity contribution in [2.24, 2.45) is 11.8 Å². The summed E-state index contributed by atoms with van der Waals surface area (Å²) in [7, 11) is 0. The third-order valence-corrected chi connectivity index (χ3v) is 5.37. The number of carbonyl (C=O) groups excluding carboxylic acids is 1. The highest BCUT2D eigenvalue weighted by Gasteiger charge is 2.31. The third-order valence-electron chi connectivity index (χ3n) is 4.84. The van der Waals surface area contributed by atoms with Crippen LogP contribution in [-0.4, -0.2) is 43.6 Å². The van der Waals surface area contributed by atoms with E-state index in [9.17, 15) is 4.79 Å². The average molecular weight is 394 g/mol. The van der Waals surface area contributed by atoms with Crippen molar-refractivity contribution in [1.82, 2.24) is 10.2 Å². The SMILES string of the molecule is Cl.O=C(CCOc1ccc(Cl)cc1Cl)N1CC[C@@H]2CNC[C@@H]2CC1. The lowest BCUT2D eigenvalue weighted by Gasteiger charge is -2.21. The van der Waals surface area contributed by atoms with Crippen LogP contribution in [0.5, 0.6) is 5.75 Å². The lowest BCUT2D eigenvalue weighted by Crippen LogP contribution is -2.33. The fraction of sp³-hybridized carbons (Fsp3) is 0.588. The first-order chi connectivity index (χ1) is 11.1. The van der Waals surface area contributed by atoms with Crippen LogP contribution in [0.1, 0.15) is 19.3 Å². The summed E-state index contributed by atoms with van der Waals surface area (Å²) in [6.45, 7) is 4.27. The van der Waals surface area contributed by atoms with Crippen LogP contribution in [0.15, 0.2) is 18.2 Å². The van der Waals surface area contributed by atoms with Crippen LogP contribution in [0.4, 0.5) is 0 Å². The molecule has 2 atom stereocenters. The van der Waals surface area contributed by atoms with Gasteiger partial charge >= 0.3 is 0 Å². The summed E-state index contributed by atoms with van der Waals surface area (Å²) in [5.74, 6) is 2.21. The minimum Gasteiger partial charge on any atom is -0.491 e. The zero-order valence-corrected chi connectivity index (χ0v) is 15.8. The Balaban J connectivity index is 0.00000208. The number of benzene rings is 1. The van der Waals surface area contributed by atoms with Gasteiger partial charge in [0.25, 0.3) is 0 Å². The van der Waals surface area contributed by atoms with Crippen LogP contribution < -0.4 is 10.1 Å². The van der Waals surface area contributed by atoms with Gasteiger partial charge in [-0.3, -0.25) is 4.79 Å². The van der Waals surface area contributed by atoms with Crippen molar-refractivity contribution in [3.8, 4) is 5.75 Å². The number of hydrogen-bond acceptors (Lipinski definition) is 3. The van der Waals surface area contributed by atoms with Crippen molar-refractivity contribution < 1.29 is 9.53 Å². The topological polar surface area (TPSA) is 41.6 Å². The van der Waals surface area contributed by atoms with Crippen LogP contribution in [0.3, 0.4) is 0 Å². The monoisotopic (exact) mass is 392 g/mol. The zero-order chi connectivity index (χ0) is 16.2. The smallest absolute Gasteiger partial charge is 0.225 e. The van der Waals surface area contributed by atoms with E-state index in [0.29, 0.717) is 28.8 Å². The normalized spacial score (nSPS) is 23.2. The molecule has 1 aromatic carbocycles. The number of rotatable bonds is 4. The van der Waals surface area contributed by atoms with Gasteiger partial charge in [0.1, 0.15) is 5.75 Å². The largest absolute Gasteiger partial charge is 0.491 e. The molecule has 2 aliphatic heterocycles. The van der Waals surface area contributed by atoms with Gasteiger partial charge in [0.05, 0.1) is 18.1 Å². The first-order valence-corrected chi connectivity index (χ1v) is 8.95. The molecule has 0 spiro atoms. The molecule has 1 amide bonds. The van der Waals surface area contributed by atoms with E-state index in [1.54, 1.807) is 18.2 Å². The van der Waals surface area contributed by atoms with Gasteiger partial charge in [-0.15, -0.1) is 12.4 Å². The molecule has 3 rings (SSSR count). The molecule has 1 N–H and O–H groups in total. The number of nitrogens with one attached hydrogen (secondary N) is 1. The Kier molecular flexibility index (Phi) is 7.48. The maximum atomic E-state index is 12.4. The van der Waals surface area contributed by atoms with E-state index in [1.165, 1.54) is 0 Å². The second-order valence-electron chi connectivity index (χ2n) is 6.31. The first kappa shape index (κ1) is 19.6. The quantitative estimate of drug-likeness (QED) is 0.849. The number of amides is 1. The fourth-order valence-electron chi connectivity index (χ4n) is 3.47. The summed E-state index contributed by atoms with van der Waals surface area (Å²) < 4.78 is 5.61. The van der Waals surface area contributed by atoms with Gasteiger partial charge in [0, 0.05) is 18.1 Å². The van der Waals surface area contributed by atoms with E-state index in [2.05, 4.69) is 5.32 Å². The molecule has 0 saturated carbocycles. The van der Waals surface area contributed by atoms with Crippen LogP contribution in [-0.2, 0) is 4.79 Å². The minimum absolute atomic E-state index is 0. The Morgan fingerprint density at radius 3 is 2.50 bits per heavy atom. The molecule has 0 aliphatic carbocycles. The van der Waals surface area contributed by atoms with E-state index in [4.69, 9.17) is 27.9 Å². The summed E-state index contributed by atoms with van der Waals surface area (Å²) in [6.07, 6.45) is 2.59. The molecule has 2 aliphatic rings. The Morgan fingerprint density at radius 1 is 1.21 bits per heavy atom. The van der Waals surface area contributed by atoms with Crippen molar-refractivity contribution in [3.05, 3.63) is 28.2 Å². The maximum Gasteiger partial charge on any atom is 0.225 e. The second-order valence-corrected chi connectivity index (χ2v) is 7.15.